The Morgan fingerprint density at radius 2 is 1.70 bits per heavy atom. The Morgan fingerprint density at radius 3 is 2.24 bits per heavy atom. The number of nitrogens with zero attached hydrogens (tertiary/aromatic N) is 1. The van der Waals surface area contributed by atoms with Crippen LogP contribution in [0.5, 0.6) is 0 Å². The van der Waals surface area contributed by atoms with Gasteiger partial charge in [-0.25, -0.2) is 17.6 Å². The zero-order valence-corrected chi connectivity index (χ0v) is 19.1. The Kier molecular flexibility index (Phi) is 8.04. The molecule has 2 aromatic carbocycles. The van der Waals surface area contributed by atoms with Gasteiger partial charge < -0.3 is 15.3 Å². The minimum atomic E-state index is -3.37. The summed E-state index contributed by atoms with van der Waals surface area (Å²) < 4.78 is 38.2. The number of anilines is 1. The zero-order valence-electron chi connectivity index (χ0n) is 18.3. The van der Waals surface area contributed by atoms with E-state index >= 15 is 0 Å². The fraction of sp³-hybridized carbons (Fsp3) is 0.391. The lowest BCUT2D eigenvalue weighted by atomic mass is 9.88. The fourth-order valence-electron chi connectivity index (χ4n) is 4.08. The number of likely N-dealkylation sites (tertiary alicyclic amines) is 1. The van der Waals surface area contributed by atoms with E-state index < -0.39 is 16.1 Å². The molecule has 0 bridgehead atoms. The molecule has 8 nitrogen and oxygen atoms in total. The predicted octanol–water partition coefficient (Wildman–Crippen LogP) is 2.97. The SMILES string of the molecule is CS(=O)(=O)Nc1ccc(C[C@H](CN2CCC(C(=O)c3ccc(F)cc3)CC2)NC(=O)O)cc1. The van der Waals surface area contributed by atoms with E-state index in [0.29, 0.717) is 50.1 Å². The highest BCUT2D eigenvalue weighted by molar-refractivity contribution is 7.92. The van der Waals surface area contributed by atoms with Gasteiger partial charge in [0, 0.05) is 29.8 Å². The van der Waals surface area contributed by atoms with Crippen molar-refractivity contribution in [2.45, 2.75) is 25.3 Å². The van der Waals surface area contributed by atoms with E-state index in [1.807, 2.05) is 0 Å². The summed E-state index contributed by atoms with van der Waals surface area (Å²) in [4.78, 5) is 26.1. The minimum Gasteiger partial charge on any atom is -0.465 e. The van der Waals surface area contributed by atoms with Crippen LogP contribution in [-0.4, -0.2) is 62.2 Å². The van der Waals surface area contributed by atoms with Gasteiger partial charge in [0.2, 0.25) is 10.0 Å². The van der Waals surface area contributed by atoms with E-state index in [2.05, 4.69) is 14.9 Å². The van der Waals surface area contributed by atoms with E-state index in [4.69, 9.17) is 0 Å². The molecule has 1 heterocycles. The number of sulfonamides is 1. The number of hydrogen-bond acceptors (Lipinski definition) is 5. The van der Waals surface area contributed by atoms with Crippen molar-refractivity contribution in [1.29, 1.82) is 0 Å². The first-order valence-electron chi connectivity index (χ1n) is 10.7. The molecule has 1 fully saturated rings. The average Bonchev–Trinajstić information content (AvgIpc) is 2.74. The van der Waals surface area contributed by atoms with Gasteiger partial charge in [0.05, 0.1) is 6.26 Å². The van der Waals surface area contributed by atoms with Gasteiger partial charge in [-0.3, -0.25) is 9.52 Å². The van der Waals surface area contributed by atoms with Gasteiger partial charge in [0.25, 0.3) is 0 Å². The molecule has 1 atom stereocenters. The number of carbonyl (C=O) groups is 2. The number of carboxylic acid groups (broad SMARTS) is 1. The van der Waals surface area contributed by atoms with E-state index in [-0.39, 0.29) is 23.6 Å². The van der Waals surface area contributed by atoms with Gasteiger partial charge in [-0.1, -0.05) is 12.1 Å². The molecule has 1 aliphatic rings. The van der Waals surface area contributed by atoms with Gasteiger partial charge in [-0.2, -0.15) is 0 Å². The van der Waals surface area contributed by atoms with Crippen molar-refractivity contribution in [2.75, 3.05) is 30.6 Å². The second kappa shape index (κ2) is 10.8. The molecule has 0 aliphatic carbocycles. The van der Waals surface area contributed by atoms with Gasteiger partial charge in [-0.05, 0) is 74.3 Å². The van der Waals surface area contributed by atoms with Gasteiger partial charge in [-0.15, -0.1) is 0 Å². The fourth-order valence-corrected chi connectivity index (χ4v) is 4.65. The van der Waals surface area contributed by atoms with Crippen molar-refractivity contribution < 1.29 is 27.5 Å². The number of Topliss-reactive ketones (excluding diaryl/α,β-unsaturated/α-hetero) is 1. The van der Waals surface area contributed by atoms with Crippen LogP contribution in [0.1, 0.15) is 28.8 Å². The summed E-state index contributed by atoms with van der Waals surface area (Å²) in [6, 6.07) is 12.0. The second-order valence-corrected chi connectivity index (χ2v) is 10.1. The standard InChI is InChI=1S/C23H28FN3O5S/c1-33(31,32)26-20-8-2-16(3-9-20)14-21(25-23(29)30)15-27-12-10-18(11-13-27)22(28)17-4-6-19(24)7-5-17/h2-9,18,21,25-26H,10-15H2,1H3,(H,29,30)/t21-/m1/s1. The first kappa shape index (κ1) is 24.7. The first-order chi connectivity index (χ1) is 15.6. The van der Waals surface area contributed by atoms with E-state index in [1.54, 1.807) is 24.3 Å². The number of halogens is 1. The van der Waals surface area contributed by atoms with Crippen LogP contribution in [0, 0.1) is 11.7 Å². The van der Waals surface area contributed by atoms with Crippen LogP contribution < -0.4 is 10.0 Å². The van der Waals surface area contributed by atoms with E-state index in [9.17, 15) is 27.5 Å². The Bertz CT molecular complexity index is 1070. The average molecular weight is 478 g/mol. The number of carbonyl (C=O) groups excluding carboxylic acids is 1. The second-order valence-electron chi connectivity index (χ2n) is 8.37. The van der Waals surface area contributed by atoms with Crippen LogP contribution in [0.25, 0.3) is 0 Å². The lowest BCUT2D eigenvalue weighted by molar-refractivity contribution is 0.0832. The first-order valence-corrected chi connectivity index (χ1v) is 12.6. The smallest absolute Gasteiger partial charge is 0.404 e. The molecule has 1 amide bonds. The number of amides is 1. The van der Waals surface area contributed by atoms with Crippen LogP contribution in [0.15, 0.2) is 48.5 Å². The van der Waals surface area contributed by atoms with Gasteiger partial charge in [0.1, 0.15) is 5.82 Å². The molecule has 33 heavy (non-hydrogen) atoms. The highest BCUT2D eigenvalue weighted by atomic mass is 32.2. The van der Waals surface area contributed by atoms with Crippen molar-refractivity contribution in [3.8, 4) is 0 Å². The molecular formula is C23H28FN3O5S. The van der Waals surface area contributed by atoms with Crippen LogP contribution in [0.2, 0.25) is 0 Å². The topological polar surface area (TPSA) is 116 Å². The molecular weight excluding hydrogens is 449 g/mol. The normalized spacial score (nSPS) is 16.2. The molecule has 3 rings (SSSR count). The highest BCUT2D eigenvalue weighted by Gasteiger charge is 2.27. The quantitative estimate of drug-likeness (QED) is 0.478. The van der Waals surface area contributed by atoms with E-state index in [0.717, 1.165) is 11.8 Å². The molecule has 0 radical (unpaired) electrons. The van der Waals surface area contributed by atoms with Crippen molar-refractivity contribution in [3.05, 3.63) is 65.5 Å². The number of rotatable bonds is 9. The maximum Gasteiger partial charge on any atom is 0.404 e. The number of nitrogens with one attached hydrogen (secondary N) is 2. The summed E-state index contributed by atoms with van der Waals surface area (Å²) in [5, 5.41) is 11.8. The molecule has 178 valence electrons. The zero-order chi connectivity index (χ0) is 24.0. The molecule has 10 heteroatoms. The molecule has 0 saturated carbocycles. The number of piperidine rings is 1. The molecule has 2 aromatic rings. The summed E-state index contributed by atoms with van der Waals surface area (Å²) in [7, 11) is -3.37. The third kappa shape index (κ3) is 7.83. The number of benzene rings is 2. The Hall–Kier alpha value is -2.98. The van der Waals surface area contributed by atoms with Crippen LogP contribution >= 0.6 is 0 Å². The van der Waals surface area contributed by atoms with Gasteiger partial charge >= 0.3 is 6.09 Å². The van der Waals surface area contributed by atoms with Crippen molar-refractivity contribution in [1.82, 2.24) is 10.2 Å². The highest BCUT2D eigenvalue weighted by Crippen LogP contribution is 2.22. The maximum absolute atomic E-state index is 13.1. The van der Waals surface area contributed by atoms with Crippen molar-refractivity contribution >= 4 is 27.6 Å². The Labute approximate surface area is 192 Å². The summed E-state index contributed by atoms with van der Waals surface area (Å²) >= 11 is 0. The summed E-state index contributed by atoms with van der Waals surface area (Å²) in [6.45, 7) is 1.81. The third-order valence-corrected chi connectivity index (χ3v) is 6.24. The summed E-state index contributed by atoms with van der Waals surface area (Å²) in [6.07, 6.45) is 1.71. The van der Waals surface area contributed by atoms with Gasteiger partial charge in [0.15, 0.2) is 5.78 Å². The Morgan fingerprint density at radius 1 is 1.09 bits per heavy atom. The Balaban J connectivity index is 1.56. The van der Waals surface area contributed by atoms with Crippen LogP contribution in [0.4, 0.5) is 14.9 Å². The lowest BCUT2D eigenvalue weighted by Crippen LogP contribution is -2.47. The molecule has 3 N–H and O–H groups in total. The monoisotopic (exact) mass is 477 g/mol. The molecule has 1 aliphatic heterocycles. The predicted molar refractivity (Wildman–Crippen MR) is 123 cm³/mol. The summed E-state index contributed by atoms with van der Waals surface area (Å²) in [5.41, 5.74) is 1.82. The third-order valence-electron chi connectivity index (χ3n) is 5.63. The number of ketones is 1. The lowest BCUT2D eigenvalue weighted by Gasteiger charge is -2.33. The largest absolute Gasteiger partial charge is 0.465 e. The van der Waals surface area contributed by atoms with Crippen LogP contribution in [-0.2, 0) is 16.4 Å². The van der Waals surface area contributed by atoms with Crippen LogP contribution in [0.3, 0.4) is 0 Å². The maximum atomic E-state index is 13.1. The van der Waals surface area contributed by atoms with Crippen molar-refractivity contribution in [2.24, 2.45) is 5.92 Å². The minimum absolute atomic E-state index is 0.0117. The summed E-state index contributed by atoms with van der Waals surface area (Å²) in [5.74, 6) is -0.496. The van der Waals surface area contributed by atoms with Crippen molar-refractivity contribution in [3.63, 3.8) is 0 Å². The van der Waals surface area contributed by atoms with E-state index in [1.165, 1.54) is 24.3 Å². The molecule has 1 saturated heterocycles. The molecule has 0 spiro atoms. The number of hydrogen-bond donors (Lipinski definition) is 3. The molecule has 0 unspecified atom stereocenters. The molecule has 0 aromatic heterocycles.